The standard InChI is InChI=1S/C15H23N3O/c1-3-9-17-13-11-16-10-6-12(13)14(19)18-15(4-2)7-5-8-15/h6,10-11,17H,3-5,7-9H2,1-2H3,(H,18,19). The zero-order valence-corrected chi connectivity index (χ0v) is 11.8. The molecule has 1 aromatic heterocycles. The number of carbonyl (C=O) groups is 1. The highest BCUT2D eigenvalue weighted by Crippen LogP contribution is 2.35. The summed E-state index contributed by atoms with van der Waals surface area (Å²) in [6.07, 6.45) is 8.83. The van der Waals surface area contributed by atoms with Crippen molar-refractivity contribution in [2.24, 2.45) is 0 Å². The number of rotatable bonds is 6. The summed E-state index contributed by atoms with van der Waals surface area (Å²) in [5, 5.41) is 6.47. The lowest BCUT2D eigenvalue weighted by Gasteiger charge is -2.42. The molecule has 19 heavy (non-hydrogen) atoms. The average Bonchev–Trinajstić information content (AvgIpc) is 2.40. The van der Waals surface area contributed by atoms with E-state index in [0.717, 1.165) is 37.9 Å². The number of carbonyl (C=O) groups excluding carboxylic acids is 1. The van der Waals surface area contributed by atoms with Gasteiger partial charge in [-0.25, -0.2) is 0 Å². The van der Waals surface area contributed by atoms with Gasteiger partial charge in [-0.15, -0.1) is 0 Å². The number of amides is 1. The third-order valence-corrected chi connectivity index (χ3v) is 4.00. The summed E-state index contributed by atoms with van der Waals surface area (Å²) in [5.41, 5.74) is 1.55. The Morgan fingerprint density at radius 2 is 2.21 bits per heavy atom. The highest BCUT2D eigenvalue weighted by molar-refractivity contribution is 5.99. The van der Waals surface area contributed by atoms with Crippen molar-refractivity contribution in [3.8, 4) is 0 Å². The minimum absolute atomic E-state index is 0.0163. The fourth-order valence-corrected chi connectivity index (χ4v) is 2.47. The van der Waals surface area contributed by atoms with Crippen LogP contribution in [0.5, 0.6) is 0 Å². The van der Waals surface area contributed by atoms with Gasteiger partial charge in [0.2, 0.25) is 0 Å². The van der Waals surface area contributed by atoms with E-state index in [1.54, 1.807) is 18.5 Å². The van der Waals surface area contributed by atoms with Crippen molar-refractivity contribution in [2.75, 3.05) is 11.9 Å². The van der Waals surface area contributed by atoms with Crippen LogP contribution in [0.3, 0.4) is 0 Å². The van der Waals surface area contributed by atoms with Gasteiger partial charge in [0.15, 0.2) is 0 Å². The lowest BCUT2D eigenvalue weighted by molar-refractivity contribution is 0.0821. The minimum atomic E-state index is 0.0163. The Kier molecular flexibility index (Phi) is 4.40. The Hall–Kier alpha value is -1.58. The zero-order chi connectivity index (χ0) is 13.7. The summed E-state index contributed by atoms with van der Waals surface area (Å²) < 4.78 is 0. The van der Waals surface area contributed by atoms with E-state index < -0.39 is 0 Å². The minimum Gasteiger partial charge on any atom is -0.383 e. The molecule has 0 radical (unpaired) electrons. The maximum atomic E-state index is 12.4. The molecule has 1 heterocycles. The van der Waals surface area contributed by atoms with E-state index in [9.17, 15) is 4.79 Å². The molecule has 0 saturated heterocycles. The smallest absolute Gasteiger partial charge is 0.253 e. The van der Waals surface area contributed by atoms with E-state index in [1.165, 1.54) is 6.42 Å². The van der Waals surface area contributed by atoms with Crippen LogP contribution >= 0.6 is 0 Å². The van der Waals surface area contributed by atoms with Crippen LogP contribution in [0.2, 0.25) is 0 Å². The molecule has 1 aliphatic rings. The van der Waals surface area contributed by atoms with Gasteiger partial charge in [0.1, 0.15) is 0 Å². The number of nitrogens with zero attached hydrogens (tertiary/aromatic N) is 1. The quantitative estimate of drug-likeness (QED) is 0.827. The molecule has 2 rings (SSSR count). The molecule has 0 aromatic carbocycles. The van der Waals surface area contributed by atoms with Gasteiger partial charge >= 0.3 is 0 Å². The van der Waals surface area contributed by atoms with Crippen molar-refractivity contribution in [1.29, 1.82) is 0 Å². The van der Waals surface area contributed by atoms with Crippen LogP contribution in [-0.4, -0.2) is 23.0 Å². The van der Waals surface area contributed by atoms with Crippen LogP contribution in [0, 0.1) is 0 Å². The Balaban J connectivity index is 2.10. The number of hydrogen-bond acceptors (Lipinski definition) is 3. The molecule has 2 N–H and O–H groups in total. The first-order chi connectivity index (χ1) is 9.21. The summed E-state index contributed by atoms with van der Waals surface area (Å²) in [4.78, 5) is 16.5. The Bertz CT molecular complexity index is 435. The van der Waals surface area contributed by atoms with Crippen LogP contribution in [0.4, 0.5) is 5.69 Å². The fraction of sp³-hybridized carbons (Fsp3) is 0.600. The number of hydrogen-bond donors (Lipinski definition) is 2. The lowest BCUT2D eigenvalue weighted by Crippen LogP contribution is -2.53. The molecule has 0 unspecified atom stereocenters. The molecular formula is C15H23N3O. The summed E-state index contributed by atoms with van der Waals surface area (Å²) in [6.45, 7) is 5.09. The fourth-order valence-electron chi connectivity index (χ4n) is 2.47. The normalized spacial score (nSPS) is 16.5. The second kappa shape index (κ2) is 6.04. The Morgan fingerprint density at radius 3 is 2.79 bits per heavy atom. The zero-order valence-electron chi connectivity index (χ0n) is 11.8. The summed E-state index contributed by atoms with van der Waals surface area (Å²) in [5.74, 6) is 0.0163. The molecular weight excluding hydrogens is 238 g/mol. The highest BCUT2D eigenvalue weighted by Gasteiger charge is 2.36. The van der Waals surface area contributed by atoms with Crippen LogP contribution in [0.25, 0.3) is 0 Å². The van der Waals surface area contributed by atoms with Crippen molar-refractivity contribution in [3.05, 3.63) is 24.0 Å². The van der Waals surface area contributed by atoms with Crippen LogP contribution < -0.4 is 10.6 Å². The number of pyridine rings is 1. The maximum absolute atomic E-state index is 12.4. The molecule has 0 aliphatic heterocycles. The molecule has 0 atom stereocenters. The first-order valence-electron chi connectivity index (χ1n) is 7.21. The summed E-state index contributed by atoms with van der Waals surface area (Å²) >= 11 is 0. The SMILES string of the molecule is CCCNc1cnccc1C(=O)NC1(CC)CCC1. The topological polar surface area (TPSA) is 54.0 Å². The Labute approximate surface area is 115 Å². The largest absolute Gasteiger partial charge is 0.383 e. The van der Waals surface area contributed by atoms with Crippen LogP contribution in [0.1, 0.15) is 56.3 Å². The first kappa shape index (κ1) is 13.8. The molecule has 1 fully saturated rings. The third kappa shape index (κ3) is 3.06. The van der Waals surface area contributed by atoms with Crippen LogP contribution in [-0.2, 0) is 0 Å². The monoisotopic (exact) mass is 261 g/mol. The first-order valence-corrected chi connectivity index (χ1v) is 7.21. The molecule has 0 bridgehead atoms. The molecule has 1 amide bonds. The van der Waals surface area contributed by atoms with Gasteiger partial charge < -0.3 is 10.6 Å². The average molecular weight is 261 g/mol. The lowest BCUT2D eigenvalue weighted by atomic mass is 9.74. The van der Waals surface area contributed by atoms with E-state index in [0.29, 0.717) is 5.56 Å². The second-order valence-electron chi connectivity index (χ2n) is 5.29. The number of anilines is 1. The predicted octanol–water partition coefficient (Wildman–Crippen LogP) is 2.97. The predicted molar refractivity (Wildman–Crippen MR) is 77.4 cm³/mol. The summed E-state index contributed by atoms with van der Waals surface area (Å²) in [7, 11) is 0. The number of nitrogens with one attached hydrogen (secondary N) is 2. The summed E-state index contributed by atoms with van der Waals surface area (Å²) in [6, 6.07) is 1.79. The van der Waals surface area contributed by atoms with Gasteiger partial charge in [0.25, 0.3) is 5.91 Å². The van der Waals surface area contributed by atoms with Crippen molar-refractivity contribution < 1.29 is 4.79 Å². The van der Waals surface area contributed by atoms with E-state index in [4.69, 9.17) is 0 Å². The van der Waals surface area contributed by atoms with E-state index in [2.05, 4.69) is 29.5 Å². The molecule has 1 aliphatic carbocycles. The molecule has 104 valence electrons. The molecule has 1 saturated carbocycles. The van der Waals surface area contributed by atoms with Crippen molar-refractivity contribution in [1.82, 2.24) is 10.3 Å². The van der Waals surface area contributed by atoms with Crippen molar-refractivity contribution >= 4 is 11.6 Å². The third-order valence-electron chi connectivity index (χ3n) is 4.00. The van der Waals surface area contributed by atoms with Gasteiger partial charge in [-0.05, 0) is 38.2 Å². The van der Waals surface area contributed by atoms with Gasteiger partial charge in [-0.1, -0.05) is 13.8 Å². The second-order valence-corrected chi connectivity index (χ2v) is 5.29. The van der Waals surface area contributed by atoms with Crippen molar-refractivity contribution in [2.45, 2.75) is 51.5 Å². The van der Waals surface area contributed by atoms with E-state index in [-0.39, 0.29) is 11.4 Å². The highest BCUT2D eigenvalue weighted by atomic mass is 16.1. The maximum Gasteiger partial charge on any atom is 0.253 e. The molecule has 4 heteroatoms. The van der Waals surface area contributed by atoms with E-state index in [1.807, 2.05) is 0 Å². The molecule has 1 aromatic rings. The van der Waals surface area contributed by atoms with Gasteiger partial charge in [-0.3, -0.25) is 9.78 Å². The van der Waals surface area contributed by atoms with Crippen LogP contribution in [0.15, 0.2) is 18.5 Å². The molecule has 4 nitrogen and oxygen atoms in total. The van der Waals surface area contributed by atoms with Crippen molar-refractivity contribution in [3.63, 3.8) is 0 Å². The number of aromatic nitrogens is 1. The Morgan fingerprint density at radius 1 is 1.42 bits per heavy atom. The van der Waals surface area contributed by atoms with Gasteiger partial charge in [0.05, 0.1) is 17.4 Å². The van der Waals surface area contributed by atoms with Gasteiger partial charge in [0, 0.05) is 18.3 Å². The molecule has 0 spiro atoms. The van der Waals surface area contributed by atoms with E-state index >= 15 is 0 Å². The van der Waals surface area contributed by atoms with Gasteiger partial charge in [-0.2, -0.15) is 0 Å².